The molecule has 0 radical (unpaired) electrons. The Morgan fingerprint density at radius 2 is 2.16 bits per heavy atom. The smallest absolute Gasteiger partial charge is 0.111 e. The van der Waals surface area contributed by atoms with E-state index in [9.17, 15) is 0 Å². The zero-order valence-corrected chi connectivity index (χ0v) is 11.7. The molecule has 4 nitrogen and oxygen atoms in total. The molecule has 1 aromatic heterocycles. The lowest BCUT2D eigenvalue weighted by molar-refractivity contribution is 0.351. The van der Waals surface area contributed by atoms with Gasteiger partial charge in [0.25, 0.3) is 0 Å². The molecule has 4 heteroatoms. The molecular weight excluding hydrogens is 236 g/mol. The third-order valence-electron chi connectivity index (χ3n) is 4.52. The molecule has 3 N–H and O–H groups in total. The Labute approximate surface area is 114 Å². The van der Waals surface area contributed by atoms with E-state index in [1.807, 2.05) is 6.07 Å². The van der Waals surface area contributed by atoms with Crippen LogP contribution in [0.3, 0.4) is 0 Å². The predicted molar refractivity (Wildman–Crippen MR) is 77.6 cm³/mol. The summed E-state index contributed by atoms with van der Waals surface area (Å²) in [5, 5.41) is 0. The minimum absolute atomic E-state index is 0.314. The van der Waals surface area contributed by atoms with Gasteiger partial charge in [0.05, 0.1) is 11.0 Å². The van der Waals surface area contributed by atoms with Crippen molar-refractivity contribution < 1.29 is 0 Å². The predicted octanol–water partition coefficient (Wildman–Crippen LogP) is 2.23. The van der Waals surface area contributed by atoms with Crippen LogP contribution in [0.4, 0.5) is 0 Å². The van der Waals surface area contributed by atoms with Crippen molar-refractivity contribution in [2.45, 2.75) is 45.7 Å². The first-order valence-electron chi connectivity index (χ1n) is 7.08. The van der Waals surface area contributed by atoms with E-state index in [0.717, 1.165) is 24.3 Å². The minimum atomic E-state index is 0.314. The largest absolute Gasteiger partial charge is 0.328 e. The normalized spacial score (nSPS) is 18.7. The van der Waals surface area contributed by atoms with Crippen LogP contribution in [0.25, 0.3) is 11.0 Å². The molecule has 19 heavy (non-hydrogen) atoms. The van der Waals surface area contributed by atoms with Gasteiger partial charge in [0.15, 0.2) is 0 Å². The van der Waals surface area contributed by atoms with Crippen molar-refractivity contribution >= 4 is 11.0 Å². The molecule has 1 saturated carbocycles. The van der Waals surface area contributed by atoms with Crippen LogP contribution < -0.4 is 11.3 Å². The Hall–Kier alpha value is -1.39. The van der Waals surface area contributed by atoms with Crippen LogP contribution in [-0.4, -0.2) is 15.6 Å². The third-order valence-corrected chi connectivity index (χ3v) is 4.52. The maximum atomic E-state index is 5.75. The maximum Gasteiger partial charge on any atom is 0.111 e. The molecule has 1 unspecified atom stereocenters. The van der Waals surface area contributed by atoms with Crippen LogP contribution >= 0.6 is 0 Å². The summed E-state index contributed by atoms with van der Waals surface area (Å²) in [5.74, 6) is 6.88. The quantitative estimate of drug-likeness (QED) is 0.639. The minimum Gasteiger partial charge on any atom is -0.328 e. The van der Waals surface area contributed by atoms with Crippen molar-refractivity contribution in [2.75, 3.05) is 0 Å². The number of para-hydroxylation sites is 2. The Morgan fingerprint density at radius 3 is 2.79 bits per heavy atom. The molecule has 1 aliphatic carbocycles. The van der Waals surface area contributed by atoms with E-state index in [-0.39, 0.29) is 0 Å². The fourth-order valence-electron chi connectivity index (χ4n) is 2.87. The molecule has 1 heterocycles. The zero-order chi connectivity index (χ0) is 13.5. The first-order valence-corrected chi connectivity index (χ1v) is 7.08. The fourth-order valence-corrected chi connectivity index (χ4v) is 2.87. The third kappa shape index (κ3) is 2.15. The summed E-state index contributed by atoms with van der Waals surface area (Å²) in [6.07, 6.45) is 3.41. The molecule has 3 rings (SSSR count). The van der Waals surface area contributed by atoms with Gasteiger partial charge < -0.3 is 4.57 Å². The topological polar surface area (TPSA) is 55.9 Å². The number of aromatic nitrogens is 2. The average Bonchev–Trinajstić information content (AvgIpc) is 3.06. The standard InChI is InChI=1S/C15H22N4/c1-3-19-12-7-5-4-6-11(12)17-14(19)10-13(18-16)15(2)8-9-15/h4-7,13,18H,3,8-10,16H2,1-2H3. The van der Waals surface area contributed by atoms with Crippen molar-refractivity contribution in [3.63, 3.8) is 0 Å². The number of hydrazine groups is 1. The number of hydrogen-bond acceptors (Lipinski definition) is 3. The van der Waals surface area contributed by atoms with Crippen molar-refractivity contribution in [3.8, 4) is 0 Å². The Bertz CT molecular complexity index is 583. The molecular formula is C15H22N4. The summed E-state index contributed by atoms with van der Waals surface area (Å²) in [5.41, 5.74) is 5.65. The second kappa shape index (κ2) is 4.62. The first-order chi connectivity index (χ1) is 9.18. The SMILES string of the molecule is CCn1c(CC(NN)C2(C)CC2)nc2ccccc21. The zero-order valence-electron chi connectivity index (χ0n) is 11.7. The second-order valence-electron chi connectivity index (χ2n) is 5.84. The maximum absolute atomic E-state index is 5.75. The lowest BCUT2D eigenvalue weighted by Gasteiger charge is -2.22. The van der Waals surface area contributed by atoms with Crippen molar-refractivity contribution in [1.82, 2.24) is 15.0 Å². The number of fused-ring (bicyclic) bond motifs is 1. The highest BCUT2D eigenvalue weighted by atomic mass is 15.2. The van der Waals surface area contributed by atoms with Gasteiger partial charge in [-0.3, -0.25) is 11.3 Å². The van der Waals surface area contributed by atoms with Gasteiger partial charge in [0.1, 0.15) is 5.82 Å². The van der Waals surface area contributed by atoms with Crippen LogP contribution in [0.2, 0.25) is 0 Å². The van der Waals surface area contributed by atoms with Crippen LogP contribution in [0.5, 0.6) is 0 Å². The van der Waals surface area contributed by atoms with Gasteiger partial charge in [-0.15, -0.1) is 0 Å². The molecule has 1 aromatic carbocycles. The van der Waals surface area contributed by atoms with E-state index < -0.39 is 0 Å². The highest BCUT2D eigenvalue weighted by molar-refractivity contribution is 5.75. The van der Waals surface area contributed by atoms with Gasteiger partial charge in [-0.1, -0.05) is 19.1 Å². The summed E-state index contributed by atoms with van der Waals surface area (Å²) >= 11 is 0. The molecule has 0 spiro atoms. The highest BCUT2D eigenvalue weighted by Crippen LogP contribution is 2.48. The van der Waals surface area contributed by atoms with Crippen LogP contribution in [0.1, 0.15) is 32.5 Å². The van der Waals surface area contributed by atoms with E-state index in [1.165, 1.54) is 18.4 Å². The Kier molecular flexibility index (Phi) is 3.07. The van der Waals surface area contributed by atoms with Crippen molar-refractivity contribution in [2.24, 2.45) is 11.3 Å². The number of aryl methyl sites for hydroxylation is 1. The monoisotopic (exact) mass is 258 g/mol. The Morgan fingerprint density at radius 1 is 1.42 bits per heavy atom. The number of nitrogens with one attached hydrogen (secondary N) is 1. The second-order valence-corrected chi connectivity index (χ2v) is 5.84. The van der Waals surface area contributed by atoms with Gasteiger partial charge >= 0.3 is 0 Å². The lowest BCUT2D eigenvalue weighted by atomic mass is 9.96. The van der Waals surface area contributed by atoms with Gasteiger partial charge in [-0.05, 0) is 37.3 Å². The number of hydrogen-bond donors (Lipinski definition) is 2. The molecule has 0 bridgehead atoms. The number of nitrogens with two attached hydrogens (primary N) is 1. The number of nitrogens with zero attached hydrogens (tertiary/aromatic N) is 2. The summed E-state index contributed by atoms with van der Waals surface area (Å²) in [6, 6.07) is 8.64. The number of benzene rings is 1. The van der Waals surface area contributed by atoms with E-state index in [1.54, 1.807) is 0 Å². The summed E-state index contributed by atoms with van der Waals surface area (Å²) < 4.78 is 2.30. The lowest BCUT2D eigenvalue weighted by Crippen LogP contribution is -2.43. The molecule has 0 aliphatic heterocycles. The van der Waals surface area contributed by atoms with Gasteiger partial charge in [-0.2, -0.15) is 0 Å². The highest BCUT2D eigenvalue weighted by Gasteiger charge is 2.44. The molecule has 1 fully saturated rings. The molecule has 102 valence electrons. The molecule has 0 saturated heterocycles. The molecule has 1 atom stereocenters. The average molecular weight is 258 g/mol. The van der Waals surface area contributed by atoms with Crippen molar-refractivity contribution in [1.29, 1.82) is 0 Å². The van der Waals surface area contributed by atoms with Crippen LogP contribution in [0.15, 0.2) is 24.3 Å². The summed E-state index contributed by atoms with van der Waals surface area (Å²) in [6.45, 7) is 5.42. The number of imidazole rings is 1. The molecule has 1 aliphatic rings. The van der Waals surface area contributed by atoms with E-state index in [2.05, 4.69) is 42.0 Å². The van der Waals surface area contributed by atoms with Crippen molar-refractivity contribution in [3.05, 3.63) is 30.1 Å². The molecule has 0 amide bonds. The Balaban J connectivity index is 1.95. The van der Waals surface area contributed by atoms with Crippen LogP contribution in [0, 0.1) is 5.41 Å². The van der Waals surface area contributed by atoms with Gasteiger partial charge in [0.2, 0.25) is 0 Å². The van der Waals surface area contributed by atoms with E-state index >= 15 is 0 Å². The summed E-state index contributed by atoms with van der Waals surface area (Å²) in [4.78, 5) is 4.78. The van der Waals surface area contributed by atoms with Gasteiger partial charge in [-0.25, -0.2) is 4.98 Å². The fraction of sp³-hybridized carbons (Fsp3) is 0.533. The first kappa shape index (κ1) is 12.6. The molecule has 2 aromatic rings. The van der Waals surface area contributed by atoms with Crippen LogP contribution in [-0.2, 0) is 13.0 Å². The van der Waals surface area contributed by atoms with Gasteiger partial charge in [0, 0.05) is 19.0 Å². The van der Waals surface area contributed by atoms with E-state index in [0.29, 0.717) is 11.5 Å². The van der Waals surface area contributed by atoms with E-state index in [4.69, 9.17) is 10.8 Å². The number of rotatable bonds is 5. The summed E-state index contributed by atoms with van der Waals surface area (Å²) in [7, 11) is 0.